The molecule has 0 unspecified atom stereocenters. The Bertz CT molecular complexity index is 411. The van der Waals surface area contributed by atoms with Crippen LogP contribution in [0.1, 0.15) is 83.1 Å². The van der Waals surface area contributed by atoms with Gasteiger partial charge in [-0.25, -0.2) is 0 Å². The van der Waals surface area contributed by atoms with Crippen molar-refractivity contribution >= 4 is 20.3 Å². The molecule has 0 saturated heterocycles. The summed E-state index contributed by atoms with van der Waals surface area (Å²) < 4.78 is 12.7. The predicted molar refractivity (Wildman–Crippen MR) is 160 cm³/mol. The van der Waals surface area contributed by atoms with Gasteiger partial charge < -0.3 is 16.0 Å². The van der Waals surface area contributed by atoms with Gasteiger partial charge in [-0.2, -0.15) is 0 Å². The number of rotatable bonds is 13. The zero-order chi connectivity index (χ0) is 26.9. The van der Waals surface area contributed by atoms with Crippen LogP contribution >= 0.6 is 0 Å². The van der Waals surface area contributed by atoms with E-state index in [4.69, 9.17) is 0 Å². The predicted octanol–water partition coefficient (Wildman–Crippen LogP) is 8.10. The summed E-state index contributed by atoms with van der Waals surface area (Å²) in [5.74, 6) is 4.35. The first kappa shape index (κ1) is 42.7. The van der Waals surface area contributed by atoms with Crippen molar-refractivity contribution in [1.82, 2.24) is 0 Å². The minimum atomic E-state index is -1.73. The maximum Gasteiger partial charge on any atom is 4.00 e. The van der Waals surface area contributed by atoms with Gasteiger partial charge in [0.05, 0.1) is 0 Å². The fraction of sp³-hybridized carbons (Fsp3) is 0.828. The standard InChI is InChI=1S/3C8H18N.C5H6FGe.Hf/c3*1-7(2)5-9-6-8(3)4;6-7-5-3-1-2-4-5;/h3*7-8H,5-6H2,1-4H3;1-4H,7H2;/q4*-1;+4. The van der Waals surface area contributed by atoms with Crippen LogP contribution in [0.2, 0.25) is 0 Å². The van der Waals surface area contributed by atoms with Crippen LogP contribution in [-0.2, 0) is 25.8 Å². The first-order valence-electron chi connectivity index (χ1n) is 13.5. The van der Waals surface area contributed by atoms with Crippen molar-refractivity contribution in [3.8, 4) is 0 Å². The molecule has 0 aliphatic rings. The monoisotopic (exact) mass is 723 g/mol. The molecule has 206 valence electrons. The molecule has 0 aromatic heterocycles. The first-order valence-corrected chi connectivity index (χ1v) is 16.1. The molecule has 0 amide bonds. The van der Waals surface area contributed by atoms with Crippen molar-refractivity contribution in [2.45, 2.75) is 83.1 Å². The average Bonchev–Trinajstić information content (AvgIpc) is 3.21. The Labute approximate surface area is 246 Å². The first-order chi connectivity index (χ1) is 15.8. The Morgan fingerprint density at radius 1 is 0.514 bits per heavy atom. The van der Waals surface area contributed by atoms with Crippen LogP contribution in [0, 0.1) is 35.5 Å². The molecule has 0 aliphatic carbocycles. The van der Waals surface area contributed by atoms with E-state index in [0.29, 0.717) is 0 Å². The van der Waals surface area contributed by atoms with E-state index >= 15 is 0 Å². The van der Waals surface area contributed by atoms with Crippen LogP contribution in [0.3, 0.4) is 0 Å². The van der Waals surface area contributed by atoms with E-state index < -0.39 is 15.9 Å². The SMILES string of the molecule is CC(C)C[N-]CC(C)C.CC(C)C[N-]CC(C)C.CC(C)C[N-]CC(C)C.[F][GeH2][c-]1cccc1.[Hf+4]. The van der Waals surface area contributed by atoms with Crippen molar-refractivity contribution < 1.29 is 29.3 Å². The third-order valence-electron chi connectivity index (χ3n) is 3.85. The Morgan fingerprint density at radius 3 is 0.829 bits per heavy atom. The van der Waals surface area contributed by atoms with Crippen molar-refractivity contribution in [3.05, 3.63) is 40.2 Å². The largest absolute Gasteiger partial charge is 4.00 e. The third-order valence-corrected chi connectivity index (χ3v) is 5.49. The van der Waals surface area contributed by atoms with E-state index in [1.165, 1.54) is 0 Å². The fourth-order valence-electron chi connectivity index (χ4n) is 2.28. The van der Waals surface area contributed by atoms with Gasteiger partial charge in [0.25, 0.3) is 0 Å². The van der Waals surface area contributed by atoms with Crippen LogP contribution in [0.5, 0.6) is 0 Å². The van der Waals surface area contributed by atoms with Gasteiger partial charge >= 0.3 is 73.9 Å². The summed E-state index contributed by atoms with van der Waals surface area (Å²) in [4.78, 5) is 0. The molecule has 0 heterocycles. The summed E-state index contributed by atoms with van der Waals surface area (Å²) in [5.41, 5.74) is 0. The maximum absolute atomic E-state index is 11.7. The van der Waals surface area contributed by atoms with Crippen LogP contribution < -0.4 is 4.40 Å². The maximum atomic E-state index is 11.7. The Morgan fingerprint density at radius 2 is 0.714 bits per heavy atom. The molecular formula is C29H60FGeHfN3. The van der Waals surface area contributed by atoms with Crippen molar-refractivity contribution in [2.75, 3.05) is 39.3 Å². The van der Waals surface area contributed by atoms with E-state index in [1.807, 2.05) is 24.3 Å². The number of nitrogens with zero attached hydrogens (tertiary/aromatic N) is 3. The molecular weight excluding hydrogens is 660 g/mol. The summed E-state index contributed by atoms with van der Waals surface area (Å²) in [6.45, 7) is 32.5. The Balaban J connectivity index is -0.000000182. The second kappa shape index (κ2) is 30.8. The van der Waals surface area contributed by atoms with E-state index in [2.05, 4.69) is 99.0 Å². The molecule has 1 aromatic carbocycles. The minimum absolute atomic E-state index is 0. The molecule has 1 aromatic rings. The number of hydrogen-bond acceptors (Lipinski definition) is 0. The minimum Gasteiger partial charge on any atom is 4.00 e. The van der Waals surface area contributed by atoms with Gasteiger partial charge in [0.15, 0.2) is 0 Å². The molecule has 6 heteroatoms. The van der Waals surface area contributed by atoms with E-state index in [-0.39, 0.29) is 25.8 Å². The molecule has 0 aliphatic heterocycles. The second-order valence-corrected chi connectivity index (χ2v) is 13.8. The third kappa shape index (κ3) is 48.2. The summed E-state index contributed by atoms with van der Waals surface area (Å²) in [6, 6.07) is 7.44. The van der Waals surface area contributed by atoms with Crippen LogP contribution in [0.25, 0.3) is 16.0 Å². The molecule has 35 heavy (non-hydrogen) atoms. The van der Waals surface area contributed by atoms with Gasteiger partial charge in [-0.15, -0.1) is 39.3 Å². The zero-order valence-electron chi connectivity index (χ0n) is 25.4. The van der Waals surface area contributed by atoms with Crippen molar-refractivity contribution in [1.29, 1.82) is 0 Å². The fourth-order valence-corrected chi connectivity index (χ4v) is 3.22. The topological polar surface area (TPSA) is 42.3 Å². The average molecular weight is 721 g/mol. The summed E-state index contributed by atoms with van der Waals surface area (Å²) in [7, 11) is 0. The van der Waals surface area contributed by atoms with Gasteiger partial charge in [-0.1, -0.05) is 119 Å². The van der Waals surface area contributed by atoms with Crippen molar-refractivity contribution in [3.63, 3.8) is 0 Å². The molecule has 0 N–H and O–H groups in total. The molecule has 1 rings (SSSR count). The van der Waals surface area contributed by atoms with E-state index in [0.717, 1.165) is 79.2 Å². The molecule has 0 bridgehead atoms. The van der Waals surface area contributed by atoms with Gasteiger partial charge in [-0.05, 0) is 0 Å². The van der Waals surface area contributed by atoms with Gasteiger partial charge in [0.1, 0.15) is 0 Å². The molecule has 0 saturated carbocycles. The number of hydrogen-bond donors (Lipinski definition) is 0. The van der Waals surface area contributed by atoms with Crippen LogP contribution in [0.4, 0.5) is 3.50 Å². The molecule has 3 nitrogen and oxygen atoms in total. The van der Waals surface area contributed by atoms with Crippen LogP contribution in [0.15, 0.2) is 24.3 Å². The van der Waals surface area contributed by atoms with Gasteiger partial charge in [0.2, 0.25) is 0 Å². The molecule has 0 fully saturated rings. The zero-order valence-corrected chi connectivity index (χ0v) is 32.0. The Hall–Kier alpha value is 0.573. The van der Waals surface area contributed by atoms with Gasteiger partial charge in [-0.3, -0.25) is 0 Å². The molecule has 0 atom stereocenters. The molecule has 0 spiro atoms. The van der Waals surface area contributed by atoms with Crippen LogP contribution in [-0.4, -0.2) is 55.2 Å². The summed E-state index contributed by atoms with van der Waals surface area (Å²) in [6.07, 6.45) is 0. The van der Waals surface area contributed by atoms with E-state index in [9.17, 15) is 3.50 Å². The van der Waals surface area contributed by atoms with E-state index in [1.54, 1.807) is 0 Å². The smallest absolute Gasteiger partial charge is 4.00 e. The van der Waals surface area contributed by atoms with Gasteiger partial charge in [0, 0.05) is 0 Å². The molecule has 0 radical (unpaired) electrons. The second-order valence-electron chi connectivity index (χ2n) is 11.6. The normalized spacial score (nSPS) is 10.9. The van der Waals surface area contributed by atoms with Crippen molar-refractivity contribution in [2.24, 2.45) is 35.5 Å². The summed E-state index contributed by atoms with van der Waals surface area (Å²) in [5, 5.41) is 13.1. The number of halogens is 1. The quantitative estimate of drug-likeness (QED) is 0.146. The Kier molecular flexibility index (Phi) is 37.5. The summed E-state index contributed by atoms with van der Waals surface area (Å²) >= 11 is -1.73.